The van der Waals surface area contributed by atoms with Crippen molar-refractivity contribution < 1.29 is 38.1 Å². The number of esters is 1. The molecule has 1 aliphatic rings. The molecule has 0 saturated carbocycles. The van der Waals surface area contributed by atoms with E-state index in [9.17, 15) is 19.6 Å². The van der Waals surface area contributed by atoms with Gasteiger partial charge in [-0.1, -0.05) is 36.4 Å². The Hall–Kier alpha value is -3.58. The van der Waals surface area contributed by atoms with Gasteiger partial charge in [-0.15, -0.1) is 0 Å². The summed E-state index contributed by atoms with van der Waals surface area (Å²) in [6.45, 7) is 4.38. The first-order valence-corrected chi connectivity index (χ1v) is 14.6. The SMILES string of the molecule is CCOC(=O)[C@H](C)N[P@](=O)(OC[C@H]1O[C@@](C)(c2ccc3c(N)ncnn23)[C@H](O)[C@@H]1O)Oc1cccc2ccccc12. The third kappa shape index (κ3) is 5.52. The summed E-state index contributed by atoms with van der Waals surface area (Å²) in [4.78, 5) is 16.3. The minimum absolute atomic E-state index is 0.129. The van der Waals surface area contributed by atoms with E-state index in [1.807, 2.05) is 24.3 Å². The number of hydrogen-bond acceptors (Lipinski definition) is 11. The van der Waals surface area contributed by atoms with Gasteiger partial charge in [0, 0.05) is 5.39 Å². The highest BCUT2D eigenvalue weighted by Gasteiger charge is 2.54. The van der Waals surface area contributed by atoms with Crippen LogP contribution >= 0.6 is 7.75 Å². The Kier molecular flexibility index (Phi) is 8.02. The minimum Gasteiger partial charge on any atom is -0.465 e. The third-order valence-electron chi connectivity index (χ3n) is 7.02. The zero-order chi connectivity index (χ0) is 29.4. The predicted octanol–water partition coefficient (Wildman–Crippen LogP) is 2.55. The summed E-state index contributed by atoms with van der Waals surface area (Å²) in [5.41, 5.74) is 5.42. The number of benzene rings is 2. The molecule has 0 spiro atoms. The number of carbonyl (C=O) groups excluding carboxylic acids is 1. The summed E-state index contributed by atoms with van der Waals surface area (Å²) in [5, 5.41) is 30.3. The molecule has 0 amide bonds. The van der Waals surface area contributed by atoms with E-state index in [0.29, 0.717) is 16.6 Å². The largest absolute Gasteiger partial charge is 0.465 e. The van der Waals surface area contributed by atoms with E-state index in [0.717, 1.165) is 5.39 Å². The number of carbonyl (C=O) groups is 1. The van der Waals surface area contributed by atoms with E-state index in [4.69, 9.17) is 24.3 Å². The van der Waals surface area contributed by atoms with E-state index in [1.165, 1.54) is 17.8 Å². The molecule has 13 nitrogen and oxygen atoms in total. The van der Waals surface area contributed by atoms with Crippen LogP contribution in [0.15, 0.2) is 60.9 Å². The highest BCUT2D eigenvalue weighted by molar-refractivity contribution is 7.52. The Morgan fingerprint density at radius 2 is 1.98 bits per heavy atom. The van der Waals surface area contributed by atoms with E-state index < -0.39 is 50.3 Å². The van der Waals surface area contributed by atoms with Crippen molar-refractivity contribution in [3.8, 4) is 5.75 Å². The van der Waals surface area contributed by atoms with E-state index in [-0.39, 0.29) is 18.2 Å². The summed E-state index contributed by atoms with van der Waals surface area (Å²) in [7, 11) is -4.29. The van der Waals surface area contributed by atoms with Gasteiger partial charge >= 0.3 is 13.7 Å². The van der Waals surface area contributed by atoms with Gasteiger partial charge in [0.05, 0.1) is 18.9 Å². The second kappa shape index (κ2) is 11.4. The minimum atomic E-state index is -4.29. The van der Waals surface area contributed by atoms with Crippen LogP contribution in [0.3, 0.4) is 0 Å². The Morgan fingerprint density at radius 3 is 2.76 bits per heavy atom. The number of anilines is 1. The molecule has 5 rings (SSSR count). The van der Waals surface area contributed by atoms with Gasteiger partial charge in [-0.05, 0) is 44.4 Å². The fourth-order valence-corrected chi connectivity index (χ4v) is 6.40. The summed E-state index contributed by atoms with van der Waals surface area (Å²) < 4.78 is 38.4. The molecule has 2 aromatic heterocycles. The maximum atomic E-state index is 14.1. The lowest BCUT2D eigenvalue weighted by atomic mass is 9.93. The molecule has 14 heteroatoms. The maximum absolute atomic E-state index is 14.1. The van der Waals surface area contributed by atoms with Gasteiger partial charge in [-0.3, -0.25) is 9.32 Å². The fourth-order valence-electron chi connectivity index (χ4n) is 4.88. The number of aromatic nitrogens is 3. The van der Waals surface area contributed by atoms with Crippen LogP contribution in [0.1, 0.15) is 26.5 Å². The summed E-state index contributed by atoms with van der Waals surface area (Å²) >= 11 is 0. The first-order valence-electron chi connectivity index (χ1n) is 13.1. The van der Waals surface area contributed by atoms with Crippen molar-refractivity contribution in [1.29, 1.82) is 0 Å². The van der Waals surface area contributed by atoms with E-state index in [1.54, 1.807) is 44.2 Å². The van der Waals surface area contributed by atoms with Crippen molar-refractivity contribution >= 4 is 35.8 Å². The number of aliphatic hydroxyl groups excluding tert-OH is 2. The molecule has 0 aliphatic carbocycles. The number of fused-ring (bicyclic) bond motifs is 2. The third-order valence-corrected chi connectivity index (χ3v) is 8.65. The molecule has 4 aromatic rings. The standard InChI is InChI=1S/C27H32N5O8P/c1-4-37-26(35)16(2)31-41(36,40-20-11-7-9-17-8-5-6-10-18(17)20)38-14-21-23(33)24(34)27(3,39-21)22-13-12-19-25(28)29-15-30-32(19)22/h5-13,15-16,21,23-24,33-34H,4,14H2,1-3H3,(H,31,36)(H2,28,29,30)/t16-,21+,23+,24+,27-,41-/m0/s1. The highest BCUT2D eigenvalue weighted by atomic mass is 31.2. The average molecular weight is 586 g/mol. The van der Waals surface area contributed by atoms with Crippen molar-refractivity contribution in [3.05, 3.63) is 66.6 Å². The van der Waals surface area contributed by atoms with Gasteiger partial charge in [0.25, 0.3) is 0 Å². The molecule has 2 aromatic carbocycles. The first kappa shape index (κ1) is 28.9. The smallest absolute Gasteiger partial charge is 0.459 e. The second-order valence-electron chi connectivity index (χ2n) is 9.82. The topological polar surface area (TPSA) is 180 Å². The Balaban J connectivity index is 1.41. The van der Waals surface area contributed by atoms with Crippen LogP contribution in [0.4, 0.5) is 5.82 Å². The number of nitrogens with zero attached hydrogens (tertiary/aromatic N) is 3. The Labute approximate surface area is 235 Å². The monoisotopic (exact) mass is 585 g/mol. The first-order chi connectivity index (χ1) is 19.6. The lowest BCUT2D eigenvalue weighted by molar-refractivity contribution is -0.144. The van der Waals surface area contributed by atoms with Gasteiger partial charge in [0.15, 0.2) is 5.82 Å². The number of aliphatic hydroxyl groups is 2. The molecule has 1 saturated heterocycles. The zero-order valence-corrected chi connectivity index (χ0v) is 23.6. The van der Waals surface area contributed by atoms with Crippen LogP contribution in [0, 0.1) is 0 Å². The van der Waals surface area contributed by atoms with Crippen molar-refractivity contribution in [2.45, 2.75) is 50.7 Å². The molecular weight excluding hydrogens is 553 g/mol. The highest BCUT2D eigenvalue weighted by Crippen LogP contribution is 2.48. The van der Waals surface area contributed by atoms with Gasteiger partial charge < -0.3 is 29.9 Å². The Morgan fingerprint density at radius 1 is 1.22 bits per heavy atom. The number of hydrogen-bond donors (Lipinski definition) is 4. The number of nitrogens with one attached hydrogen (secondary N) is 1. The van der Waals surface area contributed by atoms with E-state index >= 15 is 0 Å². The quantitative estimate of drug-likeness (QED) is 0.158. The van der Waals surface area contributed by atoms with Crippen molar-refractivity contribution in [3.63, 3.8) is 0 Å². The van der Waals surface area contributed by atoms with Crippen LogP contribution in [0.25, 0.3) is 16.3 Å². The predicted molar refractivity (Wildman–Crippen MR) is 149 cm³/mol. The Bertz CT molecular complexity index is 1610. The maximum Gasteiger partial charge on any atom is 0.459 e. The molecular formula is C27H32N5O8P. The van der Waals surface area contributed by atoms with Crippen molar-refractivity contribution in [1.82, 2.24) is 19.7 Å². The average Bonchev–Trinajstić information content (AvgIpc) is 3.49. The van der Waals surface area contributed by atoms with Gasteiger partial charge in [0.2, 0.25) is 0 Å². The molecule has 6 atom stereocenters. The fraction of sp³-hybridized carbons (Fsp3) is 0.370. The molecule has 218 valence electrons. The van der Waals surface area contributed by atoms with Crippen LogP contribution < -0.4 is 15.3 Å². The number of nitrogen functional groups attached to an aromatic ring is 1. The molecule has 3 heterocycles. The second-order valence-corrected chi connectivity index (χ2v) is 11.5. The van der Waals surface area contributed by atoms with Crippen molar-refractivity contribution in [2.75, 3.05) is 18.9 Å². The molecule has 0 bridgehead atoms. The van der Waals surface area contributed by atoms with Crippen LogP contribution in [0.5, 0.6) is 5.75 Å². The molecule has 1 fully saturated rings. The number of rotatable bonds is 10. The summed E-state index contributed by atoms with van der Waals surface area (Å²) in [6.07, 6.45) is -2.71. The van der Waals surface area contributed by atoms with Gasteiger partial charge in [-0.2, -0.15) is 10.2 Å². The number of ether oxygens (including phenoxy) is 2. The van der Waals surface area contributed by atoms with Crippen LogP contribution in [-0.2, 0) is 29.0 Å². The molecule has 5 N–H and O–H groups in total. The molecule has 0 unspecified atom stereocenters. The zero-order valence-electron chi connectivity index (χ0n) is 22.7. The van der Waals surface area contributed by atoms with Gasteiger partial charge in [-0.25, -0.2) is 14.1 Å². The summed E-state index contributed by atoms with van der Waals surface area (Å²) in [6, 6.07) is 14.9. The molecule has 1 aliphatic heterocycles. The van der Waals surface area contributed by atoms with Gasteiger partial charge in [0.1, 0.15) is 47.5 Å². The van der Waals surface area contributed by atoms with Crippen LogP contribution in [-0.4, -0.2) is 68.3 Å². The van der Waals surface area contributed by atoms with Crippen LogP contribution in [0.2, 0.25) is 0 Å². The number of nitrogens with two attached hydrogens (primary N) is 1. The lowest BCUT2D eigenvalue weighted by Gasteiger charge is -2.27. The van der Waals surface area contributed by atoms with E-state index in [2.05, 4.69) is 15.2 Å². The normalized spacial score (nSPS) is 24.8. The lowest BCUT2D eigenvalue weighted by Crippen LogP contribution is -2.40. The molecule has 41 heavy (non-hydrogen) atoms. The summed E-state index contributed by atoms with van der Waals surface area (Å²) in [5.74, 6) is -0.167. The van der Waals surface area contributed by atoms with Crippen molar-refractivity contribution in [2.24, 2.45) is 0 Å². The molecule has 0 radical (unpaired) electrons.